The second kappa shape index (κ2) is 4.65. The third kappa shape index (κ3) is 2.70. The number of unbranched alkanes of at least 4 members (excludes halogenated alkanes) is 1. The molecule has 0 aromatic carbocycles. The predicted octanol–water partition coefficient (Wildman–Crippen LogP) is 2.62. The highest BCUT2D eigenvalue weighted by Crippen LogP contribution is 2.51. The second-order valence-corrected chi connectivity index (χ2v) is 8.20. The number of nitrogens with two attached hydrogens (primary N) is 1. The van der Waals surface area contributed by atoms with Gasteiger partial charge < -0.3 is 0 Å². The zero-order valence-electron chi connectivity index (χ0n) is 8.86. The molecule has 1 rings (SSSR count). The van der Waals surface area contributed by atoms with E-state index in [0.717, 1.165) is 31.0 Å². The number of allylic oxidation sites excluding steroid dienone is 1. The number of hydrogen-bond acceptors (Lipinski definition) is 3. The number of hydrogen-bond donors (Lipinski definition) is 1. The van der Waals surface area contributed by atoms with Crippen molar-refractivity contribution in [2.75, 3.05) is 0 Å². The first kappa shape index (κ1) is 13.4. The molecule has 0 aliphatic carbocycles. The predicted molar refractivity (Wildman–Crippen MR) is 66.1 cm³/mol. The maximum absolute atomic E-state index is 11.5. The third-order valence-corrected chi connectivity index (χ3v) is 6.52. The smallest absolute Gasteiger partial charge is 0.224 e. The molecule has 2 atom stereocenters. The molecular formula is C9H16ClNO2S2. The van der Waals surface area contributed by atoms with Gasteiger partial charge in [0.2, 0.25) is 10.0 Å². The number of rotatable bonds is 4. The van der Waals surface area contributed by atoms with E-state index >= 15 is 0 Å². The Labute approximate surface area is 100 Å². The Bertz CT molecular complexity index is 366. The van der Waals surface area contributed by atoms with E-state index in [0.29, 0.717) is 4.36 Å². The van der Waals surface area contributed by atoms with Crippen molar-refractivity contribution in [3.8, 4) is 0 Å². The molecular weight excluding hydrogens is 254 g/mol. The van der Waals surface area contributed by atoms with Crippen molar-refractivity contribution in [1.82, 2.24) is 0 Å². The average molecular weight is 270 g/mol. The van der Waals surface area contributed by atoms with Gasteiger partial charge >= 0.3 is 0 Å². The first-order valence-corrected chi connectivity index (χ1v) is 7.64. The van der Waals surface area contributed by atoms with Crippen molar-refractivity contribution >= 4 is 33.4 Å². The molecule has 88 valence electrons. The highest BCUT2D eigenvalue weighted by Gasteiger charge is 2.48. The molecule has 0 aromatic rings. The summed E-state index contributed by atoms with van der Waals surface area (Å²) in [4.78, 5) is 0. The zero-order chi connectivity index (χ0) is 11.7. The van der Waals surface area contributed by atoms with E-state index in [9.17, 15) is 8.42 Å². The minimum absolute atomic E-state index is 0.0788. The number of primary sulfonamides is 1. The number of thioether (sulfide) groups is 1. The molecule has 0 saturated carbocycles. The van der Waals surface area contributed by atoms with Gasteiger partial charge in [0, 0.05) is 5.92 Å². The van der Waals surface area contributed by atoms with Gasteiger partial charge in [-0.1, -0.05) is 49.2 Å². The van der Waals surface area contributed by atoms with Gasteiger partial charge in [-0.25, -0.2) is 13.6 Å². The largest absolute Gasteiger partial charge is 0.227 e. The molecule has 0 bridgehead atoms. The van der Waals surface area contributed by atoms with Gasteiger partial charge in [-0.15, -0.1) is 0 Å². The quantitative estimate of drug-likeness (QED) is 0.853. The van der Waals surface area contributed by atoms with Crippen LogP contribution in [0.3, 0.4) is 0 Å². The minimum Gasteiger partial charge on any atom is -0.227 e. The molecule has 15 heavy (non-hydrogen) atoms. The Morgan fingerprint density at radius 3 is 2.73 bits per heavy atom. The minimum atomic E-state index is -3.59. The van der Waals surface area contributed by atoms with Crippen LogP contribution in [0, 0.1) is 5.92 Å². The lowest BCUT2D eigenvalue weighted by Gasteiger charge is -2.27. The zero-order valence-corrected chi connectivity index (χ0v) is 11.3. The van der Waals surface area contributed by atoms with Gasteiger partial charge in [-0.05, 0) is 13.3 Å². The van der Waals surface area contributed by atoms with Gasteiger partial charge in [-0.2, -0.15) is 0 Å². The molecule has 1 aliphatic rings. The van der Waals surface area contributed by atoms with Crippen molar-refractivity contribution in [2.24, 2.45) is 11.1 Å². The van der Waals surface area contributed by atoms with Gasteiger partial charge in [0.25, 0.3) is 0 Å². The average Bonchev–Trinajstić information content (AvgIpc) is 2.38. The molecule has 0 amide bonds. The lowest BCUT2D eigenvalue weighted by atomic mass is 9.99. The molecule has 0 saturated heterocycles. The fourth-order valence-corrected chi connectivity index (χ4v) is 4.72. The Morgan fingerprint density at radius 2 is 2.27 bits per heavy atom. The van der Waals surface area contributed by atoms with Crippen LogP contribution in [0.25, 0.3) is 0 Å². The fraction of sp³-hybridized carbons (Fsp3) is 0.778. The Morgan fingerprint density at radius 1 is 1.67 bits per heavy atom. The van der Waals surface area contributed by atoms with Crippen molar-refractivity contribution < 1.29 is 8.42 Å². The summed E-state index contributed by atoms with van der Waals surface area (Å²) in [7, 11) is -3.59. The molecule has 0 radical (unpaired) electrons. The summed E-state index contributed by atoms with van der Waals surface area (Å²) in [6.45, 7) is 3.72. The highest BCUT2D eigenvalue weighted by atomic mass is 35.5. The van der Waals surface area contributed by atoms with Crippen LogP contribution in [0.15, 0.2) is 10.4 Å². The van der Waals surface area contributed by atoms with Crippen LogP contribution in [0.5, 0.6) is 0 Å². The SMILES string of the molecule is CCCCC1C=C(Cl)SC1(C)S(N)(=O)=O. The van der Waals surface area contributed by atoms with Crippen LogP contribution in [0.2, 0.25) is 0 Å². The molecule has 6 heteroatoms. The molecule has 2 N–H and O–H groups in total. The monoisotopic (exact) mass is 269 g/mol. The van der Waals surface area contributed by atoms with E-state index in [1.165, 1.54) is 0 Å². The Kier molecular flexibility index (Phi) is 4.14. The van der Waals surface area contributed by atoms with E-state index in [4.69, 9.17) is 16.7 Å². The maximum atomic E-state index is 11.5. The molecule has 1 heterocycles. The van der Waals surface area contributed by atoms with E-state index in [1.54, 1.807) is 6.92 Å². The Balaban J connectivity index is 2.91. The molecule has 0 spiro atoms. The summed E-state index contributed by atoms with van der Waals surface area (Å²) in [6.07, 6.45) is 4.64. The first-order valence-electron chi connectivity index (χ1n) is 4.90. The van der Waals surface area contributed by atoms with Crippen LogP contribution in [-0.4, -0.2) is 12.5 Å². The normalized spacial score (nSPS) is 31.7. The lowest BCUT2D eigenvalue weighted by Crippen LogP contribution is -2.41. The molecule has 0 fully saturated rings. The van der Waals surface area contributed by atoms with Crippen LogP contribution in [0.1, 0.15) is 33.1 Å². The highest BCUT2D eigenvalue weighted by molar-refractivity contribution is 8.17. The topological polar surface area (TPSA) is 60.2 Å². The maximum Gasteiger partial charge on any atom is 0.224 e. The van der Waals surface area contributed by atoms with Crippen LogP contribution < -0.4 is 5.14 Å². The van der Waals surface area contributed by atoms with Crippen molar-refractivity contribution in [3.63, 3.8) is 0 Å². The van der Waals surface area contributed by atoms with Gasteiger partial charge in [0.1, 0.15) is 4.08 Å². The van der Waals surface area contributed by atoms with Crippen LogP contribution in [-0.2, 0) is 10.0 Å². The molecule has 2 unspecified atom stereocenters. The summed E-state index contributed by atoms with van der Waals surface area (Å²) >= 11 is 7.03. The van der Waals surface area contributed by atoms with Crippen molar-refractivity contribution in [3.05, 3.63) is 10.4 Å². The molecule has 1 aliphatic heterocycles. The number of sulfonamides is 1. The summed E-state index contributed by atoms with van der Waals surface area (Å²) in [5, 5.41) is 5.26. The van der Waals surface area contributed by atoms with Crippen molar-refractivity contribution in [1.29, 1.82) is 0 Å². The van der Waals surface area contributed by atoms with Gasteiger partial charge in [0.05, 0.1) is 4.36 Å². The van der Waals surface area contributed by atoms with Crippen molar-refractivity contribution in [2.45, 2.75) is 37.2 Å². The number of halogens is 1. The summed E-state index contributed by atoms with van der Waals surface area (Å²) in [5.74, 6) is -0.0788. The summed E-state index contributed by atoms with van der Waals surface area (Å²) in [5.41, 5.74) is 0. The summed E-state index contributed by atoms with van der Waals surface area (Å²) in [6, 6.07) is 0. The van der Waals surface area contributed by atoms with Crippen LogP contribution in [0.4, 0.5) is 0 Å². The standard InChI is InChI=1S/C9H16ClNO2S2/c1-3-4-5-7-6-8(10)14-9(7,2)15(11,12)13/h6-7H,3-5H2,1-2H3,(H2,11,12,13). The second-order valence-electron chi connectivity index (χ2n) is 3.88. The van der Waals surface area contributed by atoms with E-state index in [2.05, 4.69) is 6.92 Å². The fourth-order valence-electron chi connectivity index (χ4n) is 1.65. The molecule has 0 aromatic heterocycles. The summed E-state index contributed by atoms with van der Waals surface area (Å²) < 4.78 is 22.6. The van der Waals surface area contributed by atoms with Gasteiger partial charge in [0.15, 0.2) is 0 Å². The van der Waals surface area contributed by atoms with Gasteiger partial charge in [-0.3, -0.25) is 0 Å². The van der Waals surface area contributed by atoms with E-state index in [-0.39, 0.29) is 5.92 Å². The Hall–Kier alpha value is 0.290. The van der Waals surface area contributed by atoms with E-state index in [1.807, 2.05) is 6.08 Å². The van der Waals surface area contributed by atoms with Crippen LogP contribution >= 0.6 is 23.4 Å². The van der Waals surface area contributed by atoms with E-state index < -0.39 is 14.1 Å². The lowest BCUT2D eigenvalue weighted by molar-refractivity contribution is 0.496. The molecule has 3 nitrogen and oxygen atoms in total. The third-order valence-electron chi connectivity index (χ3n) is 2.74. The first-order chi connectivity index (χ1) is 6.81.